The molecule has 0 radical (unpaired) electrons. The van der Waals surface area contributed by atoms with Gasteiger partial charge in [-0.15, -0.1) is 0 Å². The highest BCUT2D eigenvalue weighted by atomic mass is 16.6. The first-order valence-electron chi connectivity index (χ1n) is 12.2. The van der Waals surface area contributed by atoms with Gasteiger partial charge in [-0.3, -0.25) is 9.78 Å². The van der Waals surface area contributed by atoms with Gasteiger partial charge in [0.15, 0.2) is 0 Å². The van der Waals surface area contributed by atoms with Crippen molar-refractivity contribution in [1.82, 2.24) is 14.8 Å². The second kappa shape index (κ2) is 11.0. The Morgan fingerprint density at radius 3 is 2.44 bits per heavy atom. The molecular weight excluding hydrogens is 408 g/mol. The molecule has 1 atom stereocenters. The largest absolute Gasteiger partial charge is 0.481 e. The molecule has 8 nitrogen and oxygen atoms in total. The van der Waals surface area contributed by atoms with Crippen LogP contribution in [-0.4, -0.2) is 83.4 Å². The number of aromatic nitrogens is 1. The number of nitrogens with zero attached hydrogens (tertiary/aromatic N) is 4. The van der Waals surface area contributed by atoms with Crippen LogP contribution in [0, 0.1) is 5.92 Å². The Labute approximate surface area is 190 Å². The molecule has 0 aromatic carbocycles. The monoisotopic (exact) mass is 444 g/mol. The highest BCUT2D eigenvalue weighted by molar-refractivity contribution is 5.70. The number of cyclic esters (lactones) is 1. The summed E-state index contributed by atoms with van der Waals surface area (Å²) >= 11 is 0. The first-order valence-corrected chi connectivity index (χ1v) is 12.2. The molecule has 3 aliphatic rings. The molecule has 1 aromatic heterocycles. The van der Waals surface area contributed by atoms with Crippen LogP contribution in [0.25, 0.3) is 0 Å². The number of hydrogen-bond donors (Lipinski definition) is 1. The van der Waals surface area contributed by atoms with Crippen molar-refractivity contribution in [1.29, 1.82) is 0 Å². The predicted octanol–water partition coefficient (Wildman–Crippen LogP) is 3.23. The lowest BCUT2D eigenvalue weighted by molar-refractivity contribution is -0.143. The topological polar surface area (TPSA) is 86.2 Å². The Morgan fingerprint density at radius 1 is 1.03 bits per heavy atom. The van der Waals surface area contributed by atoms with E-state index in [0.717, 1.165) is 90.6 Å². The number of likely N-dealkylation sites (tertiary alicyclic amines) is 1. The first-order chi connectivity index (χ1) is 15.6. The van der Waals surface area contributed by atoms with E-state index >= 15 is 0 Å². The van der Waals surface area contributed by atoms with Crippen LogP contribution in [0.2, 0.25) is 0 Å². The van der Waals surface area contributed by atoms with E-state index in [9.17, 15) is 9.59 Å². The Kier molecular flexibility index (Phi) is 7.84. The van der Waals surface area contributed by atoms with Gasteiger partial charge in [0.1, 0.15) is 6.10 Å². The van der Waals surface area contributed by atoms with Crippen molar-refractivity contribution in [2.75, 3.05) is 44.2 Å². The molecule has 1 aromatic rings. The van der Waals surface area contributed by atoms with E-state index in [1.54, 1.807) is 0 Å². The van der Waals surface area contributed by atoms with Crippen LogP contribution < -0.4 is 4.90 Å². The van der Waals surface area contributed by atoms with Crippen LogP contribution in [0.4, 0.5) is 10.5 Å². The van der Waals surface area contributed by atoms with Gasteiger partial charge < -0.3 is 24.5 Å². The summed E-state index contributed by atoms with van der Waals surface area (Å²) in [6.07, 6.45) is 11.3. The molecule has 1 amide bonds. The van der Waals surface area contributed by atoms with E-state index in [-0.39, 0.29) is 24.2 Å². The third-order valence-electron chi connectivity index (χ3n) is 7.27. The van der Waals surface area contributed by atoms with E-state index in [1.807, 2.05) is 29.4 Å². The zero-order valence-electron chi connectivity index (χ0n) is 18.9. The molecule has 3 saturated heterocycles. The number of aliphatic carboxylic acids is 1. The fraction of sp³-hybridized carbons (Fsp3) is 0.708. The molecule has 4 heterocycles. The second-order valence-corrected chi connectivity index (χ2v) is 9.39. The number of amides is 1. The minimum atomic E-state index is -0.649. The fourth-order valence-corrected chi connectivity index (χ4v) is 5.27. The number of carboxylic acid groups (broad SMARTS) is 1. The average Bonchev–Trinajstić information content (AvgIpc) is 3.20. The third kappa shape index (κ3) is 5.91. The lowest BCUT2D eigenvalue weighted by Crippen LogP contribution is -2.45. The van der Waals surface area contributed by atoms with Gasteiger partial charge in [-0.05, 0) is 76.7 Å². The van der Waals surface area contributed by atoms with Gasteiger partial charge in [0, 0.05) is 37.2 Å². The standard InChI is InChI=1S/C24H36N4O4/c29-23(30)19-7-14-26(15-8-19)13-3-1-2-4-22-18-28(24(31)32-22)21-9-16-27(17-10-21)20-5-11-25-12-6-20/h5-6,11-12,19,21-22H,1-4,7-10,13-18H2,(H,29,30). The maximum absolute atomic E-state index is 12.4. The third-order valence-corrected chi connectivity index (χ3v) is 7.27. The van der Waals surface area contributed by atoms with Gasteiger partial charge in [0.25, 0.3) is 0 Å². The van der Waals surface area contributed by atoms with Gasteiger partial charge in [0.05, 0.1) is 12.5 Å². The second-order valence-electron chi connectivity index (χ2n) is 9.39. The molecular formula is C24H36N4O4. The highest BCUT2D eigenvalue weighted by Crippen LogP contribution is 2.27. The molecule has 8 heteroatoms. The number of carboxylic acids is 1. The van der Waals surface area contributed by atoms with Gasteiger partial charge in [-0.1, -0.05) is 6.42 Å². The van der Waals surface area contributed by atoms with Crippen molar-refractivity contribution in [3.8, 4) is 0 Å². The van der Waals surface area contributed by atoms with Crippen LogP contribution in [0.15, 0.2) is 24.5 Å². The Bertz CT molecular complexity index is 746. The molecule has 3 aliphatic heterocycles. The van der Waals surface area contributed by atoms with Crippen molar-refractivity contribution in [3.05, 3.63) is 24.5 Å². The number of carbonyl (C=O) groups is 2. The number of rotatable bonds is 9. The summed E-state index contributed by atoms with van der Waals surface area (Å²) < 4.78 is 5.67. The Morgan fingerprint density at radius 2 is 1.75 bits per heavy atom. The molecule has 1 N–H and O–H groups in total. The van der Waals surface area contributed by atoms with Gasteiger partial charge in [-0.2, -0.15) is 0 Å². The molecule has 0 saturated carbocycles. The Balaban J connectivity index is 1.10. The summed E-state index contributed by atoms with van der Waals surface area (Å²) in [4.78, 5) is 34.3. The number of hydrogen-bond acceptors (Lipinski definition) is 6. The fourth-order valence-electron chi connectivity index (χ4n) is 5.27. The van der Waals surface area contributed by atoms with Crippen molar-refractivity contribution in [2.45, 2.75) is 63.5 Å². The molecule has 3 fully saturated rings. The zero-order chi connectivity index (χ0) is 22.3. The molecule has 32 heavy (non-hydrogen) atoms. The van der Waals surface area contributed by atoms with Gasteiger partial charge in [0.2, 0.25) is 0 Å². The summed E-state index contributed by atoms with van der Waals surface area (Å²) in [7, 11) is 0. The van der Waals surface area contributed by atoms with Crippen LogP contribution in [0.1, 0.15) is 51.4 Å². The van der Waals surface area contributed by atoms with E-state index in [1.165, 1.54) is 5.69 Å². The quantitative estimate of drug-likeness (QED) is 0.585. The lowest BCUT2D eigenvalue weighted by Gasteiger charge is -2.36. The average molecular weight is 445 g/mol. The highest BCUT2D eigenvalue weighted by Gasteiger charge is 2.37. The van der Waals surface area contributed by atoms with Gasteiger partial charge >= 0.3 is 12.1 Å². The predicted molar refractivity (Wildman–Crippen MR) is 122 cm³/mol. The lowest BCUT2D eigenvalue weighted by atomic mass is 9.97. The van der Waals surface area contributed by atoms with Crippen LogP contribution in [0.5, 0.6) is 0 Å². The molecule has 4 rings (SSSR count). The van der Waals surface area contributed by atoms with E-state index in [4.69, 9.17) is 9.84 Å². The summed E-state index contributed by atoms with van der Waals surface area (Å²) in [5.41, 5.74) is 1.20. The van der Waals surface area contributed by atoms with Gasteiger partial charge in [-0.25, -0.2) is 4.79 Å². The van der Waals surface area contributed by atoms with Crippen LogP contribution >= 0.6 is 0 Å². The van der Waals surface area contributed by atoms with Crippen molar-refractivity contribution < 1.29 is 19.4 Å². The van der Waals surface area contributed by atoms with Crippen molar-refractivity contribution >= 4 is 17.7 Å². The molecule has 0 bridgehead atoms. The number of anilines is 1. The van der Waals surface area contributed by atoms with Crippen molar-refractivity contribution in [3.63, 3.8) is 0 Å². The summed E-state index contributed by atoms with van der Waals surface area (Å²) in [5.74, 6) is -0.807. The SMILES string of the molecule is O=C(O)C1CCN(CCCCCC2CN(C3CCN(c4ccncc4)CC3)C(=O)O2)CC1. The maximum atomic E-state index is 12.4. The van der Waals surface area contributed by atoms with E-state index in [2.05, 4.69) is 14.8 Å². The Hall–Kier alpha value is -2.35. The first kappa shape index (κ1) is 22.8. The van der Waals surface area contributed by atoms with Crippen LogP contribution in [-0.2, 0) is 9.53 Å². The van der Waals surface area contributed by atoms with Crippen LogP contribution in [0.3, 0.4) is 0 Å². The smallest absolute Gasteiger partial charge is 0.410 e. The number of carbonyl (C=O) groups excluding carboxylic acids is 1. The number of ether oxygens (including phenoxy) is 1. The van der Waals surface area contributed by atoms with E-state index in [0.29, 0.717) is 0 Å². The van der Waals surface area contributed by atoms with Crippen molar-refractivity contribution in [2.24, 2.45) is 5.92 Å². The molecule has 1 unspecified atom stereocenters. The maximum Gasteiger partial charge on any atom is 0.410 e. The molecule has 0 aliphatic carbocycles. The minimum Gasteiger partial charge on any atom is -0.481 e. The zero-order valence-corrected chi connectivity index (χ0v) is 18.9. The summed E-state index contributed by atoms with van der Waals surface area (Å²) in [5, 5.41) is 9.09. The molecule has 176 valence electrons. The number of piperidine rings is 2. The normalized spacial score (nSPS) is 23.5. The molecule has 0 spiro atoms. The summed E-state index contributed by atoms with van der Waals surface area (Å²) in [6, 6.07) is 4.36. The number of unbranched alkanes of at least 4 members (excludes halogenated alkanes) is 2. The minimum absolute atomic E-state index is 0.0204. The number of pyridine rings is 1. The van der Waals surface area contributed by atoms with E-state index < -0.39 is 5.97 Å². The summed E-state index contributed by atoms with van der Waals surface area (Å²) in [6.45, 7) is 5.46.